The van der Waals surface area contributed by atoms with Crippen molar-refractivity contribution in [2.45, 2.75) is 11.3 Å². The smallest absolute Gasteiger partial charge is 0.392 e. The lowest BCUT2D eigenvalue weighted by atomic mass is 10.4. The van der Waals surface area contributed by atoms with E-state index in [-0.39, 0.29) is 0 Å². The van der Waals surface area contributed by atoms with E-state index in [9.17, 15) is 36.5 Å². The molecule has 0 amide bonds. The number of hydrogen-bond acceptors (Lipinski definition) is 6. The van der Waals surface area contributed by atoms with Gasteiger partial charge in [-0.3, -0.25) is 4.79 Å². The molecule has 0 aliphatic carbocycles. The molecule has 106 valence electrons. The third kappa shape index (κ3) is 3.57. The van der Waals surface area contributed by atoms with E-state index < -0.39 is 42.2 Å². The van der Waals surface area contributed by atoms with Gasteiger partial charge in [-0.05, 0) is 4.92 Å². The minimum absolute atomic E-state index is 0.298. The van der Waals surface area contributed by atoms with Gasteiger partial charge in [-0.1, -0.05) is 0 Å². The maximum absolute atomic E-state index is 12.0. The van der Waals surface area contributed by atoms with Crippen molar-refractivity contribution in [3.63, 3.8) is 0 Å². The Balaban J connectivity index is 3.64. The first-order chi connectivity index (χ1) is 8.43. The van der Waals surface area contributed by atoms with Crippen molar-refractivity contribution in [1.29, 1.82) is 0 Å². The van der Waals surface area contributed by atoms with Crippen molar-refractivity contribution in [3.05, 3.63) is 26.5 Å². The first-order valence-corrected chi connectivity index (χ1v) is 6.35. The zero-order valence-corrected chi connectivity index (χ0v) is 9.97. The van der Waals surface area contributed by atoms with E-state index in [1.165, 1.54) is 0 Å². The molecule has 0 aliphatic rings. The second kappa shape index (κ2) is 4.70. The van der Waals surface area contributed by atoms with Gasteiger partial charge in [0.2, 0.25) is 0 Å². The number of pyridine rings is 1. The molecule has 0 saturated heterocycles. The van der Waals surface area contributed by atoms with E-state index in [0.29, 0.717) is 6.20 Å². The van der Waals surface area contributed by atoms with E-state index in [2.05, 4.69) is 4.74 Å². The number of rotatable bonds is 3. The van der Waals surface area contributed by atoms with Crippen LogP contribution in [0.1, 0.15) is 0 Å². The van der Waals surface area contributed by atoms with E-state index in [4.69, 9.17) is 10.7 Å². The third-order valence-electron chi connectivity index (χ3n) is 1.65. The van der Waals surface area contributed by atoms with Crippen LogP contribution < -0.4 is 10.2 Å². The molecule has 1 aromatic heterocycles. The van der Waals surface area contributed by atoms with Crippen LogP contribution in [0.25, 0.3) is 0 Å². The molecule has 0 aliphatic heterocycles. The highest BCUT2D eigenvalue weighted by molar-refractivity contribution is 8.13. The highest BCUT2D eigenvalue weighted by Gasteiger charge is 2.38. The summed E-state index contributed by atoms with van der Waals surface area (Å²) in [5, 5.41) is 10.4. The fourth-order valence-electron chi connectivity index (χ4n) is 1.01. The monoisotopic (exact) mass is 322 g/mol. The van der Waals surface area contributed by atoms with Gasteiger partial charge in [-0.15, -0.1) is 13.2 Å². The molecule has 19 heavy (non-hydrogen) atoms. The summed E-state index contributed by atoms with van der Waals surface area (Å²) in [4.78, 5) is 20.7. The standard InChI is InChI=1S/C6H2ClF3N2O6S/c7-19(16,17)2-1-11-5(12(14)15)4(3(2)13)18-6(8,9)10/h1H,(H,11,13). The number of H-pyrrole nitrogens is 1. The van der Waals surface area contributed by atoms with Crippen LogP contribution in [0.2, 0.25) is 0 Å². The lowest BCUT2D eigenvalue weighted by molar-refractivity contribution is -0.393. The van der Waals surface area contributed by atoms with E-state index in [1.807, 2.05) is 0 Å². The van der Waals surface area contributed by atoms with E-state index in [1.54, 1.807) is 4.98 Å². The Bertz CT molecular complexity index is 681. The molecular weight excluding hydrogens is 321 g/mol. The van der Waals surface area contributed by atoms with Crippen molar-refractivity contribution < 1.29 is 31.2 Å². The molecule has 0 atom stereocenters. The predicted octanol–water partition coefficient (Wildman–Crippen LogP) is 1.11. The summed E-state index contributed by atoms with van der Waals surface area (Å²) in [7, 11) is 0.0890. The van der Waals surface area contributed by atoms with Crippen LogP contribution in [-0.4, -0.2) is 24.7 Å². The Morgan fingerprint density at radius 1 is 1.42 bits per heavy atom. The van der Waals surface area contributed by atoms with Gasteiger partial charge in [-0.2, -0.15) is 0 Å². The molecule has 0 saturated carbocycles. The van der Waals surface area contributed by atoms with Gasteiger partial charge in [0.1, 0.15) is 6.20 Å². The quantitative estimate of drug-likeness (QED) is 0.505. The maximum atomic E-state index is 12.0. The van der Waals surface area contributed by atoms with Crippen LogP contribution in [0, 0.1) is 10.1 Å². The Labute approximate surface area is 106 Å². The normalized spacial score (nSPS) is 12.2. The van der Waals surface area contributed by atoms with Gasteiger partial charge in [0, 0.05) is 10.7 Å². The first-order valence-electron chi connectivity index (χ1n) is 4.04. The minimum Gasteiger partial charge on any atom is -0.392 e. The maximum Gasteiger partial charge on any atom is 0.573 e. The highest BCUT2D eigenvalue weighted by atomic mass is 35.7. The zero-order valence-electron chi connectivity index (χ0n) is 8.39. The average Bonchev–Trinajstić information content (AvgIpc) is 2.16. The number of halogens is 4. The van der Waals surface area contributed by atoms with Crippen molar-refractivity contribution in [1.82, 2.24) is 4.98 Å². The van der Waals surface area contributed by atoms with Gasteiger partial charge in [0.05, 0.1) is 0 Å². The Morgan fingerprint density at radius 3 is 2.32 bits per heavy atom. The highest BCUT2D eigenvalue weighted by Crippen LogP contribution is 2.28. The van der Waals surface area contributed by atoms with Gasteiger partial charge in [0.15, 0.2) is 4.90 Å². The number of ether oxygens (including phenoxy) is 1. The number of nitro groups is 1. The molecule has 1 heterocycles. The van der Waals surface area contributed by atoms with Crippen molar-refractivity contribution >= 4 is 25.6 Å². The third-order valence-corrected chi connectivity index (χ3v) is 2.98. The average molecular weight is 323 g/mol. The molecule has 0 fully saturated rings. The van der Waals surface area contributed by atoms with Crippen molar-refractivity contribution in [3.8, 4) is 5.75 Å². The molecule has 1 rings (SSSR count). The summed E-state index contributed by atoms with van der Waals surface area (Å²) in [6.07, 6.45) is -5.13. The first kappa shape index (κ1) is 15.2. The van der Waals surface area contributed by atoms with E-state index >= 15 is 0 Å². The predicted molar refractivity (Wildman–Crippen MR) is 53.4 cm³/mol. The summed E-state index contributed by atoms with van der Waals surface area (Å²) in [5.41, 5.74) is -1.88. The van der Waals surface area contributed by atoms with Gasteiger partial charge >= 0.3 is 12.2 Å². The lowest BCUT2D eigenvalue weighted by Gasteiger charge is -2.09. The van der Waals surface area contributed by atoms with Gasteiger partial charge in [-0.25, -0.2) is 13.4 Å². The van der Waals surface area contributed by atoms with Crippen LogP contribution in [0.4, 0.5) is 19.0 Å². The number of alkyl halides is 3. The largest absolute Gasteiger partial charge is 0.573 e. The second-order valence-electron chi connectivity index (χ2n) is 2.90. The number of nitrogens with zero attached hydrogens (tertiary/aromatic N) is 1. The van der Waals surface area contributed by atoms with Gasteiger partial charge in [0.25, 0.3) is 20.2 Å². The Hall–Kier alpha value is -1.82. The fourth-order valence-corrected chi connectivity index (χ4v) is 1.87. The minimum atomic E-state index is -5.42. The van der Waals surface area contributed by atoms with Crippen LogP contribution in [0.15, 0.2) is 15.9 Å². The summed E-state index contributed by atoms with van der Waals surface area (Å²) < 4.78 is 61.0. The molecule has 13 heteroatoms. The molecule has 8 nitrogen and oxygen atoms in total. The van der Waals surface area contributed by atoms with Crippen LogP contribution in [-0.2, 0) is 9.05 Å². The number of hydrogen-bond donors (Lipinski definition) is 1. The summed E-state index contributed by atoms with van der Waals surface area (Å²) in [5.74, 6) is -3.27. The molecule has 0 unspecified atom stereocenters. The molecule has 1 N–H and O–H groups in total. The summed E-state index contributed by atoms with van der Waals surface area (Å²) >= 11 is 0. The number of aromatic amines is 1. The molecule has 0 bridgehead atoms. The molecule has 0 radical (unpaired) electrons. The van der Waals surface area contributed by atoms with Crippen LogP contribution in [0.5, 0.6) is 5.75 Å². The Morgan fingerprint density at radius 2 is 1.95 bits per heavy atom. The molecule has 0 aromatic carbocycles. The fraction of sp³-hybridized carbons (Fsp3) is 0.167. The van der Waals surface area contributed by atoms with Gasteiger partial charge < -0.3 is 14.9 Å². The van der Waals surface area contributed by atoms with Crippen molar-refractivity contribution in [2.75, 3.05) is 0 Å². The van der Waals surface area contributed by atoms with Crippen LogP contribution in [0.3, 0.4) is 0 Å². The van der Waals surface area contributed by atoms with Crippen LogP contribution >= 0.6 is 10.7 Å². The molecule has 1 aromatic rings. The number of aromatic nitrogens is 1. The zero-order chi connectivity index (χ0) is 15.0. The lowest BCUT2D eigenvalue weighted by Crippen LogP contribution is -2.25. The molecule has 0 spiro atoms. The van der Waals surface area contributed by atoms with Crippen molar-refractivity contribution in [2.24, 2.45) is 0 Å². The van der Waals surface area contributed by atoms with E-state index in [0.717, 1.165) is 0 Å². The number of nitrogens with one attached hydrogen (secondary N) is 1. The second-order valence-corrected chi connectivity index (χ2v) is 5.44. The topological polar surface area (TPSA) is 119 Å². The Kier molecular flexibility index (Phi) is 3.77. The molecular formula is C6H2ClF3N2O6S. The SMILES string of the molecule is O=c1c(S(=O)(=O)Cl)c[nH]c([N+](=O)[O-])c1OC(F)(F)F. The summed E-state index contributed by atoms with van der Waals surface area (Å²) in [6, 6.07) is 0. The summed E-state index contributed by atoms with van der Waals surface area (Å²) in [6.45, 7) is 0.